The van der Waals surface area contributed by atoms with Crippen molar-refractivity contribution in [3.63, 3.8) is 0 Å². The molecule has 0 aromatic carbocycles. The molecule has 0 aliphatic heterocycles. The van der Waals surface area contributed by atoms with Crippen molar-refractivity contribution in [1.82, 2.24) is 0 Å². The second-order valence-corrected chi connectivity index (χ2v) is 1.93. The summed E-state index contributed by atoms with van der Waals surface area (Å²) in [6, 6.07) is 0. The number of Topliss-reactive ketones (excluding diaryl/α,β-unsaturated/α-hetero) is 1. The van der Waals surface area contributed by atoms with Crippen molar-refractivity contribution in [1.29, 1.82) is 0 Å². The Kier molecular flexibility index (Phi) is 5.07. The highest BCUT2D eigenvalue weighted by atomic mass is 16.1. The van der Waals surface area contributed by atoms with Crippen molar-refractivity contribution in [2.75, 3.05) is 7.05 Å². The van der Waals surface area contributed by atoms with Crippen molar-refractivity contribution in [2.24, 2.45) is 4.99 Å². The Morgan fingerprint density at radius 2 is 2.33 bits per heavy atom. The van der Waals surface area contributed by atoms with Gasteiger partial charge in [0, 0.05) is 26.1 Å². The summed E-state index contributed by atoms with van der Waals surface area (Å²) < 4.78 is 0. The van der Waals surface area contributed by atoms with Gasteiger partial charge in [0.1, 0.15) is 5.78 Å². The molecule has 0 radical (unpaired) electrons. The molecular weight excluding hydrogens is 114 g/mol. The van der Waals surface area contributed by atoms with Gasteiger partial charge in [-0.25, -0.2) is 0 Å². The lowest BCUT2D eigenvalue weighted by atomic mass is 10.2. The SMILES string of the molecule is CCCC(=O)CC=NC. The normalized spacial score (nSPS) is 10.4. The Bertz CT molecular complexity index is 107. The lowest BCUT2D eigenvalue weighted by Crippen LogP contribution is -1.96. The van der Waals surface area contributed by atoms with Crippen LogP contribution in [0.15, 0.2) is 4.99 Å². The molecule has 0 saturated heterocycles. The van der Waals surface area contributed by atoms with E-state index in [1.165, 1.54) is 0 Å². The van der Waals surface area contributed by atoms with Gasteiger partial charge < -0.3 is 4.99 Å². The molecular formula is C7H13NO. The number of carbonyl (C=O) groups excluding carboxylic acids is 1. The first-order valence-corrected chi connectivity index (χ1v) is 3.23. The maximum Gasteiger partial charge on any atom is 0.138 e. The van der Waals surface area contributed by atoms with Gasteiger partial charge in [0.05, 0.1) is 0 Å². The Morgan fingerprint density at radius 1 is 1.67 bits per heavy atom. The predicted molar refractivity (Wildman–Crippen MR) is 38.9 cm³/mol. The molecule has 0 aliphatic carbocycles. The van der Waals surface area contributed by atoms with Gasteiger partial charge in [0.25, 0.3) is 0 Å². The Balaban J connectivity index is 3.27. The molecule has 0 aliphatic rings. The summed E-state index contributed by atoms with van der Waals surface area (Å²) in [6.45, 7) is 2.00. The molecule has 0 saturated carbocycles. The molecule has 0 aromatic rings. The van der Waals surface area contributed by atoms with Crippen LogP contribution in [0, 0.1) is 0 Å². The first-order chi connectivity index (χ1) is 4.31. The van der Waals surface area contributed by atoms with Crippen LogP contribution in [0.5, 0.6) is 0 Å². The van der Waals surface area contributed by atoms with E-state index in [2.05, 4.69) is 4.99 Å². The number of carbonyl (C=O) groups is 1. The molecule has 0 N–H and O–H groups in total. The minimum absolute atomic E-state index is 0.281. The number of ketones is 1. The summed E-state index contributed by atoms with van der Waals surface area (Å²) in [5, 5.41) is 0. The minimum atomic E-state index is 0.281. The molecule has 2 nitrogen and oxygen atoms in total. The van der Waals surface area contributed by atoms with Gasteiger partial charge in [-0.05, 0) is 6.42 Å². The fraction of sp³-hybridized carbons (Fsp3) is 0.714. The summed E-state index contributed by atoms with van der Waals surface area (Å²) in [5.41, 5.74) is 0. The Labute approximate surface area is 56.0 Å². The van der Waals surface area contributed by atoms with E-state index in [0.29, 0.717) is 12.8 Å². The third-order valence-corrected chi connectivity index (χ3v) is 1.03. The van der Waals surface area contributed by atoms with Crippen molar-refractivity contribution < 1.29 is 4.79 Å². The highest BCUT2D eigenvalue weighted by Gasteiger charge is 1.94. The number of aliphatic imine (C=N–C) groups is 1. The van der Waals surface area contributed by atoms with Crippen LogP contribution in [0.3, 0.4) is 0 Å². The van der Waals surface area contributed by atoms with Crippen molar-refractivity contribution in [3.05, 3.63) is 0 Å². The van der Waals surface area contributed by atoms with Crippen LogP contribution in [0.4, 0.5) is 0 Å². The van der Waals surface area contributed by atoms with E-state index in [1.807, 2.05) is 6.92 Å². The number of nitrogens with zero attached hydrogens (tertiary/aromatic N) is 1. The van der Waals surface area contributed by atoms with Crippen LogP contribution < -0.4 is 0 Å². The molecule has 2 heteroatoms. The molecule has 0 aromatic heterocycles. The maximum absolute atomic E-state index is 10.7. The third-order valence-electron chi connectivity index (χ3n) is 1.03. The first-order valence-electron chi connectivity index (χ1n) is 3.23. The molecule has 0 heterocycles. The van der Waals surface area contributed by atoms with Crippen molar-refractivity contribution >= 4 is 12.0 Å². The average Bonchev–Trinajstić information content (AvgIpc) is 1.85. The molecule has 0 bridgehead atoms. The lowest BCUT2D eigenvalue weighted by molar-refractivity contribution is -0.117. The zero-order valence-electron chi connectivity index (χ0n) is 6.05. The Hall–Kier alpha value is -0.660. The summed E-state index contributed by atoms with van der Waals surface area (Å²) in [4.78, 5) is 14.4. The van der Waals surface area contributed by atoms with E-state index in [4.69, 9.17) is 0 Å². The quantitative estimate of drug-likeness (QED) is 0.525. The largest absolute Gasteiger partial charge is 0.300 e. The van der Waals surface area contributed by atoms with Gasteiger partial charge in [-0.1, -0.05) is 6.92 Å². The van der Waals surface area contributed by atoms with Gasteiger partial charge >= 0.3 is 0 Å². The summed E-state index contributed by atoms with van der Waals surface area (Å²) in [6.07, 6.45) is 3.78. The zero-order valence-corrected chi connectivity index (χ0v) is 6.05. The smallest absolute Gasteiger partial charge is 0.138 e. The Morgan fingerprint density at radius 3 is 2.78 bits per heavy atom. The summed E-state index contributed by atoms with van der Waals surface area (Å²) >= 11 is 0. The van der Waals surface area contributed by atoms with E-state index in [0.717, 1.165) is 6.42 Å². The van der Waals surface area contributed by atoms with Gasteiger partial charge in [0.15, 0.2) is 0 Å². The van der Waals surface area contributed by atoms with Crippen LogP contribution in [0.25, 0.3) is 0 Å². The lowest BCUT2D eigenvalue weighted by Gasteiger charge is -1.89. The first kappa shape index (κ1) is 8.34. The summed E-state index contributed by atoms with van der Waals surface area (Å²) in [7, 11) is 1.68. The van der Waals surface area contributed by atoms with Gasteiger partial charge in [-0.15, -0.1) is 0 Å². The van der Waals surface area contributed by atoms with Crippen LogP contribution in [0.2, 0.25) is 0 Å². The molecule has 0 unspecified atom stereocenters. The second-order valence-electron chi connectivity index (χ2n) is 1.93. The van der Waals surface area contributed by atoms with E-state index in [9.17, 15) is 4.79 Å². The van der Waals surface area contributed by atoms with Gasteiger partial charge in [-0.2, -0.15) is 0 Å². The number of hydrogen-bond donors (Lipinski definition) is 0. The monoisotopic (exact) mass is 127 g/mol. The van der Waals surface area contributed by atoms with Crippen molar-refractivity contribution in [2.45, 2.75) is 26.2 Å². The summed E-state index contributed by atoms with van der Waals surface area (Å²) in [5.74, 6) is 0.281. The van der Waals surface area contributed by atoms with E-state index >= 15 is 0 Å². The fourth-order valence-electron chi connectivity index (χ4n) is 0.574. The average molecular weight is 127 g/mol. The molecule has 0 atom stereocenters. The van der Waals surface area contributed by atoms with Crippen LogP contribution in [0.1, 0.15) is 26.2 Å². The predicted octanol–water partition coefficient (Wildman–Crippen LogP) is 1.45. The number of rotatable bonds is 4. The molecule has 0 spiro atoms. The topological polar surface area (TPSA) is 29.4 Å². The standard InChI is InChI=1S/C7H13NO/c1-3-4-7(9)5-6-8-2/h6H,3-5H2,1-2H3. The van der Waals surface area contributed by atoms with E-state index in [1.54, 1.807) is 13.3 Å². The highest BCUT2D eigenvalue weighted by molar-refractivity contribution is 5.91. The van der Waals surface area contributed by atoms with Gasteiger partial charge in [0.2, 0.25) is 0 Å². The van der Waals surface area contributed by atoms with Crippen LogP contribution >= 0.6 is 0 Å². The molecule has 52 valence electrons. The third kappa shape index (κ3) is 5.21. The van der Waals surface area contributed by atoms with Crippen molar-refractivity contribution in [3.8, 4) is 0 Å². The van der Waals surface area contributed by atoms with E-state index in [-0.39, 0.29) is 5.78 Å². The zero-order chi connectivity index (χ0) is 7.11. The molecule has 9 heavy (non-hydrogen) atoms. The van der Waals surface area contributed by atoms with Crippen LogP contribution in [-0.4, -0.2) is 19.0 Å². The minimum Gasteiger partial charge on any atom is -0.300 e. The molecule has 0 rings (SSSR count). The van der Waals surface area contributed by atoms with Gasteiger partial charge in [-0.3, -0.25) is 4.79 Å². The highest BCUT2D eigenvalue weighted by Crippen LogP contribution is 1.90. The van der Waals surface area contributed by atoms with E-state index < -0.39 is 0 Å². The number of hydrogen-bond acceptors (Lipinski definition) is 2. The maximum atomic E-state index is 10.7. The fourth-order valence-corrected chi connectivity index (χ4v) is 0.574. The second kappa shape index (κ2) is 5.48. The molecule has 0 amide bonds. The molecule has 0 fully saturated rings. The van der Waals surface area contributed by atoms with Crippen LogP contribution in [-0.2, 0) is 4.79 Å².